The molecule has 0 amide bonds. The fourth-order valence-electron chi connectivity index (χ4n) is 6.73. The number of esters is 2. The van der Waals surface area contributed by atoms with Gasteiger partial charge < -0.3 is 24.7 Å². The fourth-order valence-corrected chi connectivity index (χ4v) is 8.65. The standard InChI is InChI=1S/C18H16BrN5O2S.C18H19N7O2.ClH/c1-9-13(17(25)26-8-10-6-7-10)15(24-18(20-9)21-22-23-24)14-11-4-2-3-5-12(11)27-16(14)19;1-4-27-17(26)15-11(2)20-18-21-22-23-25(18)16(15)13-7-5-6-8-14(13)24-10-9-19-12(24)3;/h2-5,10,15H,6-8H2,1H3,(H,20,21,23);5-10,16H,4H2,1-3H3,(H,20,21,23);1H. The van der Waals surface area contributed by atoms with Crippen LogP contribution in [0.1, 0.15) is 62.6 Å². The molecule has 16 nitrogen and oxygen atoms in total. The number of halogens is 2. The van der Waals surface area contributed by atoms with E-state index in [9.17, 15) is 9.59 Å². The van der Waals surface area contributed by atoms with Gasteiger partial charge in [0.15, 0.2) is 0 Å². The van der Waals surface area contributed by atoms with Gasteiger partial charge in [-0.15, -0.1) is 23.7 Å². The molecule has 6 heterocycles. The number of aryl methyl sites for hydroxylation is 1. The molecule has 19 heteroatoms. The summed E-state index contributed by atoms with van der Waals surface area (Å²) in [5, 5.41) is 31.2. The number of benzene rings is 2. The van der Waals surface area contributed by atoms with Crippen molar-refractivity contribution < 1.29 is 19.1 Å². The third-order valence-electron chi connectivity index (χ3n) is 9.47. The van der Waals surface area contributed by atoms with Gasteiger partial charge in [-0.25, -0.2) is 14.6 Å². The van der Waals surface area contributed by atoms with Crippen molar-refractivity contribution in [2.45, 2.75) is 52.6 Å². The zero-order chi connectivity index (χ0) is 37.5. The molecule has 6 aromatic rings. The van der Waals surface area contributed by atoms with Gasteiger partial charge in [-0.3, -0.25) is 0 Å². The van der Waals surface area contributed by atoms with E-state index < -0.39 is 18.1 Å². The molecule has 9 rings (SSSR count). The van der Waals surface area contributed by atoms with E-state index in [2.05, 4.69) is 74.7 Å². The first kappa shape index (κ1) is 37.8. The number of nitrogens with one attached hydrogen (secondary N) is 2. The highest BCUT2D eigenvalue weighted by atomic mass is 79.9. The van der Waals surface area contributed by atoms with Crippen LogP contribution in [-0.4, -0.2) is 75.1 Å². The largest absolute Gasteiger partial charge is 0.463 e. The highest BCUT2D eigenvalue weighted by Gasteiger charge is 2.39. The van der Waals surface area contributed by atoms with Crippen LogP contribution < -0.4 is 10.6 Å². The van der Waals surface area contributed by atoms with Crippen LogP contribution in [0.25, 0.3) is 15.8 Å². The van der Waals surface area contributed by atoms with Gasteiger partial charge in [-0.05, 0) is 101 Å². The summed E-state index contributed by atoms with van der Waals surface area (Å²) in [4.78, 5) is 30.1. The first-order chi connectivity index (χ1) is 26.2. The maximum atomic E-state index is 13.0. The molecule has 0 bridgehead atoms. The Morgan fingerprint density at radius 2 is 1.49 bits per heavy atom. The number of imidazole rings is 1. The average Bonchev–Trinajstić information content (AvgIpc) is 3.47. The molecule has 1 aliphatic carbocycles. The predicted molar refractivity (Wildman–Crippen MR) is 210 cm³/mol. The summed E-state index contributed by atoms with van der Waals surface area (Å²) in [5.74, 6) is 1.61. The summed E-state index contributed by atoms with van der Waals surface area (Å²) in [5.41, 5.74) is 5.14. The van der Waals surface area contributed by atoms with E-state index in [1.54, 1.807) is 33.8 Å². The number of rotatable bonds is 8. The number of allylic oxidation sites excluding steroid dienone is 2. The minimum absolute atomic E-state index is 0. The Hall–Kier alpha value is -5.46. The molecule has 2 aliphatic heterocycles. The van der Waals surface area contributed by atoms with Crippen molar-refractivity contribution in [2.24, 2.45) is 5.92 Å². The summed E-state index contributed by atoms with van der Waals surface area (Å²) in [7, 11) is 0. The number of carbonyl (C=O) groups is 2. The molecule has 2 N–H and O–H groups in total. The van der Waals surface area contributed by atoms with Gasteiger partial charge in [-0.2, -0.15) is 9.36 Å². The van der Waals surface area contributed by atoms with Gasteiger partial charge in [0.1, 0.15) is 17.9 Å². The number of nitrogens with zero attached hydrogens (tertiary/aromatic N) is 10. The van der Waals surface area contributed by atoms with E-state index in [1.165, 1.54) is 0 Å². The van der Waals surface area contributed by atoms with Gasteiger partial charge >= 0.3 is 11.9 Å². The van der Waals surface area contributed by atoms with Crippen molar-refractivity contribution in [1.82, 2.24) is 50.0 Å². The summed E-state index contributed by atoms with van der Waals surface area (Å²) in [6, 6.07) is 15.0. The number of aromatic nitrogens is 10. The van der Waals surface area contributed by atoms with Crippen LogP contribution in [0.3, 0.4) is 0 Å². The molecule has 2 unspecified atom stereocenters. The molecule has 0 radical (unpaired) electrons. The number of anilines is 2. The minimum Gasteiger partial charge on any atom is -0.463 e. The van der Waals surface area contributed by atoms with Crippen LogP contribution in [0.15, 0.2) is 87.3 Å². The van der Waals surface area contributed by atoms with Crippen LogP contribution in [0.5, 0.6) is 0 Å². The van der Waals surface area contributed by atoms with Gasteiger partial charge in [0.2, 0.25) is 11.9 Å². The van der Waals surface area contributed by atoms with Crippen LogP contribution in [0.2, 0.25) is 0 Å². The third-order valence-corrected chi connectivity index (χ3v) is 11.4. The molecule has 0 spiro atoms. The van der Waals surface area contributed by atoms with Crippen LogP contribution >= 0.6 is 39.7 Å². The van der Waals surface area contributed by atoms with Crippen molar-refractivity contribution >= 4 is 73.6 Å². The number of carbonyl (C=O) groups excluding carboxylic acids is 2. The normalized spacial score (nSPS) is 17.3. The van der Waals surface area contributed by atoms with Crippen molar-refractivity contribution in [2.75, 3.05) is 23.8 Å². The van der Waals surface area contributed by atoms with Crippen LogP contribution in [0.4, 0.5) is 11.9 Å². The van der Waals surface area contributed by atoms with Crippen molar-refractivity contribution in [3.8, 4) is 5.69 Å². The molecule has 4 aromatic heterocycles. The van der Waals surface area contributed by atoms with Crippen molar-refractivity contribution in [1.29, 1.82) is 0 Å². The summed E-state index contributed by atoms with van der Waals surface area (Å²) >= 11 is 5.33. The lowest BCUT2D eigenvalue weighted by atomic mass is 9.94. The highest BCUT2D eigenvalue weighted by Crippen LogP contribution is 2.46. The Bertz CT molecular complexity index is 2470. The van der Waals surface area contributed by atoms with Gasteiger partial charge in [0, 0.05) is 39.6 Å². The molecule has 0 saturated heterocycles. The first-order valence-electron chi connectivity index (χ1n) is 17.4. The summed E-state index contributed by atoms with van der Waals surface area (Å²) < 4.78 is 18.2. The zero-order valence-corrected chi connectivity index (χ0v) is 33.4. The molecule has 2 aromatic carbocycles. The van der Waals surface area contributed by atoms with E-state index in [4.69, 9.17) is 9.47 Å². The Morgan fingerprint density at radius 1 is 0.873 bits per heavy atom. The number of hydrogen-bond donors (Lipinski definition) is 2. The van der Waals surface area contributed by atoms with Gasteiger partial charge in [0.25, 0.3) is 0 Å². The fraction of sp³-hybridized carbons (Fsp3) is 0.306. The monoisotopic (exact) mass is 846 g/mol. The van der Waals surface area contributed by atoms with Crippen molar-refractivity contribution in [3.05, 3.63) is 104 Å². The number of hydrogen-bond acceptors (Lipinski definition) is 14. The van der Waals surface area contributed by atoms with E-state index in [0.717, 1.165) is 49.4 Å². The van der Waals surface area contributed by atoms with Gasteiger partial charge in [0.05, 0.1) is 33.8 Å². The minimum atomic E-state index is -0.520. The Kier molecular flexibility index (Phi) is 10.8. The Morgan fingerprint density at radius 3 is 2.15 bits per heavy atom. The van der Waals surface area contributed by atoms with Crippen LogP contribution in [-0.2, 0) is 19.1 Å². The lowest BCUT2D eigenvalue weighted by Crippen LogP contribution is -2.30. The summed E-state index contributed by atoms with van der Waals surface area (Å²) in [6.07, 6.45) is 5.89. The maximum absolute atomic E-state index is 13.0. The lowest BCUT2D eigenvalue weighted by Gasteiger charge is -2.28. The zero-order valence-electron chi connectivity index (χ0n) is 30.1. The first-order valence-corrected chi connectivity index (χ1v) is 19.0. The molecule has 2 atom stereocenters. The number of para-hydroxylation sites is 1. The topological polar surface area (TPSA) is 182 Å². The second-order valence-electron chi connectivity index (χ2n) is 13.0. The Labute approximate surface area is 333 Å². The second kappa shape index (κ2) is 15.7. The van der Waals surface area contributed by atoms with Crippen LogP contribution in [0, 0.1) is 12.8 Å². The number of tetrazole rings is 2. The highest BCUT2D eigenvalue weighted by molar-refractivity contribution is 9.11. The Balaban J connectivity index is 0.000000166. The lowest BCUT2D eigenvalue weighted by molar-refractivity contribution is -0.140. The molecule has 1 saturated carbocycles. The molecule has 3 aliphatic rings. The molecule has 55 heavy (non-hydrogen) atoms. The SMILES string of the molecule is CC1=C(C(=O)OCC2CC2)C(c2c(Br)sc3ccccc23)n2nnnc2N1.CCOC(=O)C1=C(C)Nc2nnnn2C1c1ccccc1-n1ccnc1C.Cl. The smallest absolute Gasteiger partial charge is 0.338 e. The van der Waals surface area contributed by atoms with Crippen molar-refractivity contribution in [3.63, 3.8) is 0 Å². The van der Waals surface area contributed by atoms with E-state index in [0.29, 0.717) is 47.0 Å². The number of ether oxygens (including phenoxy) is 2. The predicted octanol–water partition coefficient (Wildman–Crippen LogP) is 6.33. The molecular weight excluding hydrogens is 812 g/mol. The third kappa shape index (κ3) is 7.12. The van der Waals surface area contributed by atoms with E-state index >= 15 is 0 Å². The molecule has 1 fully saturated rings. The second-order valence-corrected chi connectivity index (χ2v) is 15.3. The summed E-state index contributed by atoms with van der Waals surface area (Å²) in [6.45, 7) is 8.15. The average molecular weight is 848 g/mol. The quantitative estimate of drug-likeness (QED) is 0.162. The van der Waals surface area contributed by atoms with E-state index in [-0.39, 0.29) is 25.0 Å². The molecule has 284 valence electrons. The number of fused-ring (bicyclic) bond motifs is 3. The number of thiophene rings is 1. The van der Waals surface area contributed by atoms with Gasteiger partial charge in [-0.1, -0.05) is 46.6 Å². The maximum Gasteiger partial charge on any atom is 0.338 e. The molecular formula is C36H36BrClN12O4S. The van der Waals surface area contributed by atoms with E-state index in [1.807, 2.05) is 67.9 Å².